The minimum absolute atomic E-state index is 0.163. The standard InChI is InChI=1S/C19H23N3O4S/c1-12-16(13(2)21-19(20-12)27-4)8-9-18(24)26-11-17(23)22-14-6-5-7-15(10-14)25-3/h5-7,10H,8-9,11H2,1-4H3,(H,22,23). The van der Waals surface area contributed by atoms with E-state index >= 15 is 0 Å². The van der Waals surface area contributed by atoms with Crippen molar-refractivity contribution in [2.45, 2.75) is 31.8 Å². The van der Waals surface area contributed by atoms with Crippen molar-refractivity contribution in [3.05, 3.63) is 41.2 Å². The highest BCUT2D eigenvalue weighted by Crippen LogP contribution is 2.18. The number of hydrogen-bond acceptors (Lipinski definition) is 7. The fourth-order valence-electron chi connectivity index (χ4n) is 2.50. The van der Waals surface area contributed by atoms with E-state index in [-0.39, 0.29) is 13.0 Å². The summed E-state index contributed by atoms with van der Waals surface area (Å²) in [6, 6.07) is 6.94. The molecule has 8 heteroatoms. The van der Waals surface area contributed by atoms with E-state index in [2.05, 4.69) is 15.3 Å². The van der Waals surface area contributed by atoms with Gasteiger partial charge in [0.1, 0.15) is 5.75 Å². The summed E-state index contributed by atoms with van der Waals surface area (Å²) in [7, 11) is 1.55. The van der Waals surface area contributed by atoms with Crippen LogP contribution in [0.1, 0.15) is 23.4 Å². The van der Waals surface area contributed by atoms with Gasteiger partial charge in [0.05, 0.1) is 7.11 Å². The Balaban J connectivity index is 1.81. The van der Waals surface area contributed by atoms with Crippen LogP contribution in [0.15, 0.2) is 29.4 Å². The van der Waals surface area contributed by atoms with Gasteiger partial charge in [-0.1, -0.05) is 17.8 Å². The fraction of sp³-hybridized carbons (Fsp3) is 0.368. The van der Waals surface area contributed by atoms with Crippen LogP contribution in [0.4, 0.5) is 5.69 Å². The Morgan fingerprint density at radius 1 is 1.19 bits per heavy atom. The van der Waals surface area contributed by atoms with Gasteiger partial charge in [-0.3, -0.25) is 9.59 Å². The van der Waals surface area contributed by atoms with E-state index in [9.17, 15) is 9.59 Å². The first-order valence-corrected chi connectivity index (χ1v) is 9.63. The van der Waals surface area contributed by atoms with E-state index in [4.69, 9.17) is 9.47 Å². The molecule has 0 bridgehead atoms. The lowest BCUT2D eigenvalue weighted by atomic mass is 10.1. The van der Waals surface area contributed by atoms with Crippen molar-refractivity contribution in [3.63, 3.8) is 0 Å². The van der Waals surface area contributed by atoms with Crippen molar-refractivity contribution in [2.24, 2.45) is 0 Å². The summed E-state index contributed by atoms with van der Waals surface area (Å²) in [5.41, 5.74) is 3.23. The molecule has 27 heavy (non-hydrogen) atoms. The lowest BCUT2D eigenvalue weighted by Crippen LogP contribution is -2.21. The Hall–Kier alpha value is -2.61. The van der Waals surface area contributed by atoms with Gasteiger partial charge in [0.2, 0.25) is 0 Å². The minimum atomic E-state index is -0.441. The van der Waals surface area contributed by atoms with Crippen molar-refractivity contribution in [2.75, 3.05) is 25.3 Å². The lowest BCUT2D eigenvalue weighted by Gasteiger charge is -2.10. The molecule has 2 rings (SSSR count). The van der Waals surface area contributed by atoms with Gasteiger partial charge in [-0.05, 0) is 44.2 Å². The molecule has 1 amide bonds. The number of ether oxygens (including phenoxy) is 2. The van der Waals surface area contributed by atoms with E-state index in [1.54, 1.807) is 31.4 Å². The topological polar surface area (TPSA) is 90.4 Å². The second-order valence-electron chi connectivity index (χ2n) is 5.80. The van der Waals surface area contributed by atoms with Crippen LogP contribution < -0.4 is 10.1 Å². The van der Waals surface area contributed by atoms with E-state index in [1.165, 1.54) is 11.8 Å². The second-order valence-corrected chi connectivity index (χ2v) is 6.57. The number of nitrogens with zero attached hydrogens (tertiary/aromatic N) is 2. The molecule has 0 aliphatic rings. The molecule has 1 aromatic carbocycles. The average molecular weight is 389 g/mol. The third-order valence-electron chi connectivity index (χ3n) is 3.88. The molecule has 0 saturated heterocycles. The largest absolute Gasteiger partial charge is 0.497 e. The van der Waals surface area contributed by atoms with Crippen molar-refractivity contribution in [1.29, 1.82) is 0 Å². The number of benzene rings is 1. The van der Waals surface area contributed by atoms with E-state index in [1.807, 2.05) is 20.1 Å². The maximum atomic E-state index is 12.0. The molecule has 0 unspecified atom stereocenters. The van der Waals surface area contributed by atoms with Gasteiger partial charge in [0.15, 0.2) is 11.8 Å². The molecule has 7 nitrogen and oxygen atoms in total. The molecule has 1 heterocycles. The van der Waals surface area contributed by atoms with Crippen molar-refractivity contribution in [3.8, 4) is 5.75 Å². The first kappa shape index (κ1) is 20.7. The van der Waals surface area contributed by atoms with Gasteiger partial charge in [-0.25, -0.2) is 9.97 Å². The highest BCUT2D eigenvalue weighted by atomic mass is 32.2. The molecule has 0 radical (unpaired) electrons. The van der Waals surface area contributed by atoms with E-state index in [0.29, 0.717) is 23.0 Å². The molecule has 1 N–H and O–H groups in total. The number of esters is 1. The molecular weight excluding hydrogens is 366 g/mol. The number of methoxy groups -OCH3 is 1. The van der Waals surface area contributed by atoms with Gasteiger partial charge in [0, 0.05) is 29.6 Å². The van der Waals surface area contributed by atoms with Crippen LogP contribution in [0.3, 0.4) is 0 Å². The van der Waals surface area contributed by atoms with Crippen LogP contribution in [0.5, 0.6) is 5.75 Å². The molecule has 144 valence electrons. The van der Waals surface area contributed by atoms with Gasteiger partial charge in [-0.2, -0.15) is 0 Å². The van der Waals surface area contributed by atoms with E-state index in [0.717, 1.165) is 17.0 Å². The monoisotopic (exact) mass is 389 g/mol. The number of aryl methyl sites for hydroxylation is 2. The predicted octanol–water partition coefficient (Wildman–Crippen LogP) is 2.94. The number of amides is 1. The summed E-state index contributed by atoms with van der Waals surface area (Å²) >= 11 is 1.48. The van der Waals surface area contributed by atoms with Crippen LogP contribution in [0.25, 0.3) is 0 Å². The maximum absolute atomic E-state index is 12.0. The molecular formula is C19H23N3O4S. The maximum Gasteiger partial charge on any atom is 0.306 e. The normalized spacial score (nSPS) is 10.4. The number of rotatable bonds is 8. The zero-order valence-electron chi connectivity index (χ0n) is 15.9. The number of carbonyl (C=O) groups is 2. The Labute approximate surface area is 162 Å². The number of aromatic nitrogens is 2. The SMILES string of the molecule is COc1cccc(NC(=O)COC(=O)CCc2c(C)nc(SC)nc2C)c1. The molecule has 1 aromatic heterocycles. The Kier molecular flexibility index (Phi) is 7.60. The highest BCUT2D eigenvalue weighted by Gasteiger charge is 2.13. The number of nitrogens with one attached hydrogen (secondary N) is 1. The molecule has 0 fully saturated rings. The smallest absolute Gasteiger partial charge is 0.306 e. The second kappa shape index (κ2) is 9.91. The predicted molar refractivity (Wildman–Crippen MR) is 104 cm³/mol. The Morgan fingerprint density at radius 3 is 2.52 bits per heavy atom. The van der Waals surface area contributed by atoms with Crippen LogP contribution in [0.2, 0.25) is 0 Å². The minimum Gasteiger partial charge on any atom is -0.497 e. The van der Waals surface area contributed by atoms with Crippen molar-refractivity contribution in [1.82, 2.24) is 9.97 Å². The zero-order valence-corrected chi connectivity index (χ0v) is 16.7. The first-order chi connectivity index (χ1) is 12.9. The van der Waals surface area contributed by atoms with Crippen LogP contribution in [-0.2, 0) is 20.7 Å². The zero-order chi connectivity index (χ0) is 19.8. The van der Waals surface area contributed by atoms with Crippen molar-refractivity contribution >= 4 is 29.3 Å². The van der Waals surface area contributed by atoms with Gasteiger partial charge in [-0.15, -0.1) is 0 Å². The van der Waals surface area contributed by atoms with Gasteiger partial charge >= 0.3 is 5.97 Å². The molecule has 0 saturated carbocycles. The number of thioether (sulfide) groups is 1. The molecule has 2 aromatic rings. The average Bonchev–Trinajstić information content (AvgIpc) is 2.65. The summed E-state index contributed by atoms with van der Waals surface area (Å²) in [4.78, 5) is 32.7. The molecule has 0 aliphatic heterocycles. The number of hydrogen-bond donors (Lipinski definition) is 1. The first-order valence-electron chi connectivity index (χ1n) is 8.40. The van der Waals surface area contributed by atoms with Crippen molar-refractivity contribution < 1.29 is 19.1 Å². The van der Waals surface area contributed by atoms with Gasteiger partial charge in [0.25, 0.3) is 5.91 Å². The van der Waals surface area contributed by atoms with E-state index < -0.39 is 11.9 Å². The number of anilines is 1. The lowest BCUT2D eigenvalue weighted by molar-refractivity contribution is -0.147. The fourth-order valence-corrected chi connectivity index (χ4v) is 2.96. The summed E-state index contributed by atoms with van der Waals surface area (Å²) in [6.45, 7) is 3.46. The third-order valence-corrected chi connectivity index (χ3v) is 4.43. The summed E-state index contributed by atoms with van der Waals surface area (Å²) in [5, 5.41) is 3.37. The van der Waals surface area contributed by atoms with Crippen LogP contribution in [0, 0.1) is 13.8 Å². The third kappa shape index (κ3) is 6.25. The molecule has 0 spiro atoms. The summed E-state index contributed by atoms with van der Waals surface area (Å²) in [6.07, 6.45) is 2.56. The van der Waals surface area contributed by atoms with Gasteiger partial charge < -0.3 is 14.8 Å². The van der Waals surface area contributed by atoms with Crippen LogP contribution >= 0.6 is 11.8 Å². The molecule has 0 aliphatic carbocycles. The number of carbonyl (C=O) groups excluding carboxylic acids is 2. The quantitative estimate of drug-likeness (QED) is 0.422. The molecule has 0 atom stereocenters. The highest BCUT2D eigenvalue weighted by molar-refractivity contribution is 7.98. The van der Waals surface area contributed by atoms with Crippen LogP contribution in [-0.4, -0.2) is 41.8 Å². The Bertz CT molecular complexity index is 803. The summed E-state index contributed by atoms with van der Waals surface area (Å²) < 4.78 is 10.1. The Morgan fingerprint density at radius 2 is 1.89 bits per heavy atom. The summed E-state index contributed by atoms with van der Waals surface area (Å²) in [5.74, 6) is -0.217.